The predicted molar refractivity (Wildman–Crippen MR) is 120 cm³/mol. The normalized spacial score (nSPS) is 19.5. The topological polar surface area (TPSA) is 125 Å². The Kier molecular flexibility index (Phi) is 4.66. The van der Waals surface area contributed by atoms with Gasteiger partial charge in [0.2, 0.25) is 5.88 Å². The summed E-state index contributed by atoms with van der Waals surface area (Å²) in [5.74, 6) is 0.931. The maximum absolute atomic E-state index is 11.4. The van der Waals surface area contributed by atoms with Crippen LogP contribution in [0.5, 0.6) is 11.6 Å². The summed E-state index contributed by atoms with van der Waals surface area (Å²) in [5.41, 5.74) is 2.68. The number of amides is 1. The Hall–Kier alpha value is -3.70. The highest BCUT2D eigenvalue weighted by atomic mass is 32.1. The molecular formula is C22H19N5O5S. The maximum atomic E-state index is 11.4. The molecule has 2 N–H and O–H groups in total. The van der Waals surface area contributed by atoms with E-state index in [1.807, 2.05) is 16.3 Å². The zero-order valence-corrected chi connectivity index (χ0v) is 18.1. The molecule has 0 aliphatic carbocycles. The number of thiazole rings is 1. The molecule has 1 amide bonds. The number of ether oxygens (including phenoxy) is 1. The van der Waals surface area contributed by atoms with Gasteiger partial charge in [0.05, 0.1) is 24.3 Å². The number of piperidine rings is 1. The van der Waals surface area contributed by atoms with Gasteiger partial charge in [0.25, 0.3) is 6.01 Å². The number of rotatable bonds is 5. The lowest BCUT2D eigenvalue weighted by Crippen LogP contribution is -2.70. The number of oxazole rings is 1. The minimum absolute atomic E-state index is 0.0402. The van der Waals surface area contributed by atoms with Crippen LogP contribution in [-0.4, -0.2) is 61.3 Å². The summed E-state index contributed by atoms with van der Waals surface area (Å²) in [6.07, 6.45) is 3.28. The molecule has 7 rings (SSSR count). The summed E-state index contributed by atoms with van der Waals surface area (Å²) in [6, 6.07) is 7.46. The van der Waals surface area contributed by atoms with E-state index >= 15 is 0 Å². The van der Waals surface area contributed by atoms with Crippen LogP contribution < -0.4 is 9.64 Å². The van der Waals surface area contributed by atoms with E-state index in [-0.39, 0.29) is 18.7 Å². The van der Waals surface area contributed by atoms with Gasteiger partial charge in [0.1, 0.15) is 16.3 Å². The van der Waals surface area contributed by atoms with Gasteiger partial charge in [-0.3, -0.25) is 4.90 Å². The zero-order chi connectivity index (χ0) is 22.5. The number of carbonyl (C=O) groups is 1. The Morgan fingerprint density at radius 3 is 2.76 bits per heavy atom. The lowest BCUT2D eigenvalue weighted by atomic mass is 9.88. The van der Waals surface area contributed by atoms with Crippen LogP contribution in [0.15, 0.2) is 46.5 Å². The maximum Gasteiger partial charge on any atom is 0.407 e. The van der Waals surface area contributed by atoms with Crippen molar-refractivity contribution in [3.05, 3.63) is 47.6 Å². The van der Waals surface area contributed by atoms with Gasteiger partial charge in [-0.25, -0.2) is 14.8 Å². The molecule has 0 radical (unpaired) electrons. The highest BCUT2D eigenvalue weighted by Gasteiger charge is 2.48. The lowest BCUT2D eigenvalue weighted by molar-refractivity contribution is 0.0101. The molecule has 2 atom stereocenters. The van der Waals surface area contributed by atoms with E-state index in [0.29, 0.717) is 47.4 Å². The van der Waals surface area contributed by atoms with Crippen molar-refractivity contribution in [1.29, 1.82) is 0 Å². The number of hydrogen-bond donors (Lipinski definition) is 2. The van der Waals surface area contributed by atoms with E-state index in [4.69, 9.17) is 14.1 Å². The average Bonchev–Trinajstić information content (AvgIpc) is 3.49. The summed E-state index contributed by atoms with van der Waals surface area (Å²) in [4.78, 5) is 28.3. The summed E-state index contributed by atoms with van der Waals surface area (Å²) in [7, 11) is 0. The molecule has 3 aromatic heterocycles. The van der Waals surface area contributed by atoms with Crippen molar-refractivity contribution in [3.8, 4) is 22.2 Å². The third kappa shape index (κ3) is 3.45. The first-order valence-corrected chi connectivity index (χ1v) is 11.3. The lowest BCUT2D eigenvalue weighted by Gasteiger charge is -2.54. The SMILES string of the molecule is O=C(O)N1C2CC1CN(c1nc3cc(Oc4ccc(CO)cn4)cc(-c4nccs4)c3o1)C2. The first-order chi connectivity index (χ1) is 16.1. The Balaban J connectivity index is 1.35. The van der Waals surface area contributed by atoms with E-state index in [9.17, 15) is 15.0 Å². The van der Waals surface area contributed by atoms with Crippen molar-refractivity contribution in [2.45, 2.75) is 25.1 Å². The molecule has 2 unspecified atom stereocenters. The number of piperazine rings is 1. The third-order valence-electron chi connectivity index (χ3n) is 6.00. The summed E-state index contributed by atoms with van der Waals surface area (Å²) in [6.45, 7) is 1.01. The number of benzene rings is 1. The molecule has 168 valence electrons. The first-order valence-electron chi connectivity index (χ1n) is 10.4. The van der Waals surface area contributed by atoms with Gasteiger partial charge < -0.3 is 24.3 Å². The number of hydrogen-bond acceptors (Lipinski definition) is 9. The fourth-order valence-electron chi connectivity index (χ4n) is 4.47. The highest BCUT2D eigenvalue weighted by molar-refractivity contribution is 7.13. The van der Waals surface area contributed by atoms with Crippen molar-refractivity contribution in [2.75, 3.05) is 18.0 Å². The van der Waals surface area contributed by atoms with Crippen molar-refractivity contribution in [3.63, 3.8) is 0 Å². The Bertz CT molecular complexity index is 1310. The number of aliphatic hydroxyl groups is 1. The van der Waals surface area contributed by atoms with E-state index < -0.39 is 6.09 Å². The summed E-state index contributed by atoms with van der Waals surface area (Å²) < 4.78 is 12.1. The number of carboxylic acid groups (broad SMARTS) is 1. The van der Waals surface area contributed by atoms with Crippen LogP contribution >= 0.6 is 11.3 Å². The van der Waals surface area contributed by atoms with Crippen LogP contribution in [0.4, 0.5) is 10.8 Å². The van der Waals surface area contributed by atoms with Gasteiger partial charge >= 0.3 is 6.09 Å². The van der Waals surface area contributed by atoms with Crippen molar-refractivity contribution < 1.29 is 24.2 Å². The predicted octanol–water partition coefficient (Wildman–Crippen LogP) is 3.57. The molecule has 3 fully saturated rings. The molecule has 3 aliphatic rings. The summed E-state index contributed by atoms with van der Waals surface area (Å²) >= 11 is 1.48. The number of fused-ring (bicyclic) bond motifs is 3. The number of aromatic nitrogens is 3. The van der Waals surface area contributed by atoms with Crippen molar-refractivity contribution in [2.24, 2.45) is 0 Å². The second-order valence-electron chi connectivity index (χ2n) is 8.06. The van der Waals surface area contributed by atoms with E-state index in [1.165, 1.54) is 16.2 Å². The van der Waals surface area contributed by atoms with Crippen LogP contribution in [0.1, 0.15) is 12.0 Å². The minimum Gasteiger partial charge on any atom is -0.465 e. The molecule has 3 saturated heterocycles. The molecule has 0 saturated carbocycles. The molecule has 0 spiro atoms. The first kappa shape index (κ1) is 19.9. The van der Waals surface area contributed by atoms with Gasteiger partial charge in [-0.05, 0) is 24.1 Å². The quantitative estimate of drug-likeness (QED) is 0.455. The Morgan fingerprint density at radius 2 is 2.09 bits per heavy atom. The van der Waals surface area contributed by atoms with Crippen LogP contribution in [0.3, 0.4) is 0 Å². The van der Waals surface area contributed by atoms with Gasteiger partial charge in [0.15, 0.2) is 5.58 Å². The third-order valence-corrected chi connectivity index (χ3v) is 6.81. The highest BCUT2D eigenvalue weighted by Crippen LogP contribution is 2.40. The van der Waals surface area contributed by atoms with Crippen LogP contribution in [0.2, 0.25) is 0 Å². The largest absolute Gasteiger partial charge is 0.465 e. The standard InChI is InChI=1S/C22H19N5O5S/c28-11-12-1-2-18(24-8-12)31-15-6-16(20-23-3-4-33-20)19-17(7-15)25-21(32-19)26-9-13-5-14(10-26)27(13)22(29)30/h1-4,6-8,13-14,28H,5,9-11H2,(H,29,30). The number of nitrogens with zero attached hydrogens (tertiary/aromatic N) is 5. The average molecular weight is 465 g/mol. The monoisotopic (exact) mass is 465 g/mol. The number of pyridine rings is 1. The fourth-order valence-corrected chi connectivity index (χ4v) is 5.12. The van der Waals surface area contributed by atoms with Gasteiger partial charge in [-0.2, -0.15) is 4.98 Å². The molecule has 4 aromatic rings. The number of aliphatic hydroxyl groups excluding tert-OH is 1. The molecule has 10 nitrogen and oxygen atoms in total. The second kappa shape index (κ2) is 7.71. The molecule has 6 heterocycles. The minimum atomic E-state index is -0.873. The van der Waals surface area contributed by atoms with Crippen molar-refractivity contribution in [1.82, 2.24) is 19.9 Å². The second-order valence-corrected chi connectivity index (χ2v) is 8.95. The molecule has 33 heavy (non-hydrogen) atoms. The van der Waals surface area contributed by atoms with Crippen LogP contribution in [-0.2, 0) is 6.61 Å². The van der Waals surface area contributed by atoms with E-state index in [0.717, 1.165) is 17.0 Å². The van der Waals surface area contributed by atoms with Crippen LogP contribution in [0, 0.1) is 0 Å². The number of anilines is 1. The van der Waals surface area contributed by atoms with Gasteiger partial charge in [-0.1, -0.05) is 0 Å². The Morgan fingerprint density at radius 1 is 1.24 bits per heavy atom. The van der Waals surface area contributed by atoms with E-state index in [2.05, 4.69) is 9.97 Å². The molecule has 2 bridgehead atoms. The van der Waals surface area contributed by atoms with E-state index in [1.54, 1.807) is 30.6 Å². The zero-order valence-electron chi connectivity index (χ0n) is 17.3. The van der Waals surface area contributed by atoms with Crippen molar-refractivity contribution >= 4 is 34.5 Å². The molecule has 1 aromatic carbocycles. The molecule has 3 aliphatic heterocycles. The van der Waals surface area contributed by atoms with Crippen LogP contribution in [0.25, 0.3) is 21.7 Å². The smallest absolute Gasteiger partial charge is 0.407 e. The van der Waals surface area contributed by atoms with Gasteiger partial charge in [-0.15, -0.1) is 11.3 Å². The summed E-state index contributed by atoms with van der Waals surface area (Å²) in [5, 5.41) is 21.2. The molecule has 11 heteroatoms. The molecular weight excluding hydrogens is 446 g/mol. The van der Waals surface area contributed by atoms with Gasteiger partial charge in [0, 0.05) is 43.0 Å². The fraction of sp³-hybridized carbons (Fsp3) is 0.273. The Labute approximate surface area is 191 Å².